The summed E-state index contributed by atoms with van der Waals surface area (Å²) in [5.74, 6) is 0.381. The van der Waals surface area contributed by atoms with E-state index in [2.05, 4.69) is 15.2 Å². The number of carbonyl (C=O) groups is 2. The summed E-state index contributed by atoms with van der Waals surface area (Å²) < 4.78 is 1.95. The molecule has 2 aliphatic rings. The number of piperidine rings is 1. The summed E-state index contributed by atoms with van der Waals surface area (Å²) in [7, 11) is 0. The van der Waals surface area contributed by atoms with Gasteiger partial charge in [0.25, 0.3) is 5.91 Å². The number of pyridine rings is 1. The molecule has 2 aromatic heterocycles. The number of carbonyl (C=O) groups excluding carboxylic acids is 2. The molecule has 4 aromatic rings. The number of hydrogen-bond donors (Lipinski definition) is 1. The SMILES string of the molecule is O=C(Cn1ccc2ccc(N3Cc4cccc(Cl)c4C3=O)cc21)NCC1CCN(c2ccncc2)CC1. The highest BCUT2D eigenvalue weighted by atomic mass is 35.5. The summed E-state index contributed by atoms with van der Waals surface area (Å²) in [5, 5.41) is 4.65. The molecule has 188 valence electrons. The van der Waals surface area contributed by atoms with Crippen LogP contribution in [0.25, 0.3) is 10.9 Å². The number of fused-ring (bicyclic) bond motifs is 2. The summed E-state index contributed by atoms with van der Waals surface area (Å²) in [6.45, 7) is 3.39. The van der Waals surface area contributed by atoms with E-state index in [1.807, 2.05) is 71.7 Å². The van der Waals surface area contributed by atoms with E-state index in [9.17, 15) is 9.59 Å². The second-order valence-electron chi connectivity index (χ2n) is 9.79. The molecule has 2 amide bonds. The van der Waals surface area contributed by atoms with Gasteiger partial charge >= 0.3 is 0 Å². The minimum Gasteiger partial charge on any atom is -0.371 e. The highest BCUT2D eigenvalue weighted by Gasteiger charge is 2.30. The van der Waals surface area contributed by atoms with Crippen LogP contribution in [-0.4, -0.2) is 41.0 Å². The molecule has 6 rings (SSSR count). The van der Waals surface area contributed by atoms with Gasteiger partial charge in [-0.15, -0.1) is 0 Å². The first-order chi connectivity index (χ1) is 18.1. The zero-order chi connectivity index (χ0) is 25.4. The first kappa shape index (κ1) is 23.6. The van der Waals surface area contributed by atoms with Gasteiger partial charge in [-0.2, -0.15) is 0 Å². The molecule has 0 unspecified atom stereocenters. The Hall–Kier alpha value is -3.84. The van der Waals surface area contributed by atoms with Crippen molar-refractivity contribution in [2.24, 2.45) is 5.92 Å². The molecule has 8 heteroatoms. The lowest BCUT2D eigenvalue weighted by atomic mass is 9.96. The molecule has 37 heavy (non-hydrogen) atoms. The molecule has 4 heterocycles. The zero-order valence-corrected chi connectivity index (χ0v) is 21.2. The van der Waals surface area contributed by atoms with Crippen LogP contribution in [0.1, 0.15) is 28.8 Å². The molecule has 0 aliphatic carbocycles. The number of anilines is 2. The number of hydrogen-bond acceptors (Lipinski definition) is 4. The topological polar surface area (TPSA) is 70.5 Å². The molecule has 1 N–H and O–H groups in total. The van der Waals surface area contributed by atoms with Crippen LogP contribution in [-0.2, 0) is 17.9 Å². The molecule has 2 aromatic carbocycles. The summed E-state index contributed by atoms with van der Waals surface area (Å²) in [5.41, 5.74) is 4.43. The summed E-state index contributed by atoms with van der Waals surface area (Å²) >= 11 is 6.30. The normalized spacial score (nSPS) is 15.9. The van der Waals surface area contributed by atoms with E-state index in [1.165, 1.54) is 5.69 Å². The molecule has 0 radical (unpaired) electrons. The van der Waals surface area contributed by atoms with Crippen molar-refractivity contribution in [1.29, 1.82) is 0 Å². The van der Waals surface area contributed by atoms with Gasteiger partial charge in [-0.25, -0.2) is 0 Å². The monoisotopic (exact) mass is 513 g/mol. The fraction of sp³-hybridized carbons (Fsp3) is 0.276. The quantitative estimate of drug-likeness (QED) is 0.399. The minimum atomic E-state index is -0.0919. The van der Waals surface area contributed by atoms with Crippen LogP contribution in [0.3, 0.4) is 0 Å². The fourth-order valence-corrected chi connectivity index (χ4v) is 5.70. The van der Waals surface area contributed by atoms with Gasteiger partial charge < -0.3 is 19.7 Å². The lowest BCUT2D eigenvalue weighted by Gasteiger charge is -2.33. The van der Waals surface area contributed by atoms with Crippen molar-refractivity contribution in [3.05, 3.63) is 89.3 Å². The van der Waals surface area contributed by atoms with Gasteiger partial charge in [0.1, 0.15) is 6.54 Å². The first-order valence-electron chi connectivity index (χ1n) is 12.7. The highest BCUT2D eigenvalue weighted by Crippen LogP contribution is 2.34. The molecule has 1 saturated heterocycles. The van der Waals surface area contributed by atoms with E-state index in [1.54, 1.807) is 11.0 Å². The Labute approximate surface area is 220 Å². The molecule has 0 saturated carbocycles. The van der Waals surface area contributed by atoms with Crippen molar-refractivity contribution in [1.82, 2.24) is 14.9 Å². The summed E-state index contributed by atoms with van der Waals surface area (Å²) in [6.07, 6.45) is 7.68. The van der Waals surface area contributed by atoms with Crippen LogP contribution in [0.15, 0.2) is 73.2 Å². The molecule has 1 fully saturated rings. The maximum Gasteiger partial charge on any atom is 0.260 e. The molecular weight excluding hydrogens is 486 g/mol. The number of nitrogens with one attached hydrogen (secondary N) is 1. The van der Waals surface area contributed by atoms with Crippen molar-refractivity contribution >= 4 is 45.7 Å². The zero-order valence-electron chi connectivity index (χ0n) is 20.4. The van der Waals surface area contributed by atoms with Crippen LogP contribution in [0.5, 0.6) is 0 Å². The number of amides is 2. The Bertz CT molecular complexity index is 1460. The van der Waals surface area contributed by atoms with Gasteiger partial charge in [-0.05, 0) is 66.1 Å². The largest absolute Gasteiger partial charge is 0.371 e. The Morgan fingerprint density at radius 2 is 1.84 bits per heavy atom. The third-order valence-electron chi connectivity index (χ3n) is 7.50. The Balaban J connectivity index is 1.08. The second kappa shape index (κ2) is 9.90. The van der Waals surface area contributed by atoms with E-state index in [0.717, 1.165) is 48.1 Å². The smallest absolute Gasteiger partial charge is 0.260 e. The van der Waals surface area contributed by atoms with Gasteiger partial charge in [0.05, 0.1) is 22.6 Å². The number of benzene rings is 2. The minimum absolute atomic E-state index is 0.00379. The molecular formula is C29H28ClN5O2. The van der Waals surface area contributed by atoms with E-state index in [4.69, 9.17) is 11.6 Å². The molecule has 0 spiro atoms. The standard InChI is InChI=1S/C29H28ClN5O2/c30-25-3-1-2-22-18-35(29(37)28(22)25)24-5-4-21-10-15-34(26(21)16-24)19-27(36)32-17-20-8-13-33(14-9-20)23-6-11-31-12-7-23/h1-7,10-12,15-16,20H,8-9,13-14,17-19H2,(H,32,36). The Kier molecular flexibility index (Phi) is 6.30. The van der Waals surface area contributed by atoms with Crippen LogP contribution >= 0.6 is 11.6 Å². The Morgan fingerprint density at radius 3 is 2.62 bits per heavy atom. The van der Waals surface area contributed by atoms with Gasteiger partial charge in [0.2, 0.25) is 5.91 Å². The van der Waals surface area contributed by atoms with Crippen molar-refractivity contribution in [2.75, 3.05) is 29.4 Å². The van der Waals surface area contributed by atoms with Crippen LogP contribution in [0.4, 0.5) is 11.4 Å². The van der Waals surface area contributed by atoms with Crippen molar-refractivity contribution in [2.45, 2.75) is 25.9 Å². The van der Waals surface area contributed by atoms with Crippen molar-refractivity contribution < 1.29 is 9.59 Å². The third-order valence-corrected chi connectivity index (χ3v) is 7.82. The van der Waals surface area contributed by atoms with Crippen LogP contribution < -0.4 is 15.1 Å². The van der Waals surface area contributed by atoms with Gasteiger partial charge in [-0.3, -0.25) is 14.6 Å². The van der Waals surface area contributed by atoms with E-state index in [0.29, 0.717) is 29.6 Å². The third kappa shape index (κ3) is 4.67. The molecule has 7 nitrogen and oxygen atoms in total. The first-order valence-corrected chi connectivity index (χ1v) is 13.0. The number of nitrogens with zero attached hydrogens (tertiary/aromatic N) is 4. The maximum absolute atomic E-state index is 13.1. The van der Waals surface area contributed by atoms with Crippen LogP contribution in [0.2, 0.25) is 5.02 Å². The van der Waals surface area contributed by atoms with E-state index >= 15 is 0 Å². The fourth-order valence-electron chi connectivity index (χ4n) is 5.42. The van der Waals surface area contributed by atoms with Gasteiger partial charge in [-0.1, -0.05) is 29.8 Å². The van der Waals surface area contributed by atoms with E-state index in [-0.39, 0.29) is 18.4 Å². The second-order valence-corrected chi connectivity index (χ2v) is 10.2. The Morgan fingerprint density at radius 1 is 1.03 bits per heavy atom. The maximum atomic E-state index is 13.1. The number of aromatic nitrogens is 2. The highest BCUT2D eigenvalue weighted by molar-refractivity contribution is 6.35. The predicted molar refractivity (Wildman–Crippen MR) is 146 cm³/mol. The lowest BCUT2D eigenvalue weighted by molar-refractivity contribution is -0.121. The summed E-state index contributed by atoms with van der Waals surface area (Å²) in [6, 6.07) is 17.6. The molecule has 0 atom stereocenters. The number of halogens is 1. The van der Waals surface area contributed by atoms with Crippen molar-refractivity contribution in [3.63, 3.8) is 0 Å². The molecule has 2 aliphatic heterocycles. The number of rotatable bonds is 6. The van der Waals surface area contributed by atoms with Crippen molar-refractivity contribution in [3.8, 4) is 0 Å². The van der Waals surface area contributed by atoms with E-state index < -0.39 is 0 Å². The average Bonchev–Trinajstić information content (AvgIpc) is 3.49. The van der Waals surface area contributed by atoms with Gasteiger partial charge in [0, 0.05) is 49.6 Å². The predicted octanol–water partition coefficient (Wildman–Crippen LogP) is 4.88. The van der Waals surface area contributed by atoms with Gasteiger partial charge in [0.15, 0.2) is 0 Å². The lowest BCUT2D eigenvalue weighted by Crippen LogP contribution is -2.39. The summed E-state index contributed by atoms with van der Waals surface area (Å²) in [4.78, 5) is 34.1. The average molecular weight is 514 g/mol. The molecule has 0 bridgehead atoms. The van der Waals surface area contributed by atoms with Crippen LogP contribution in [0, 0.1) is 5.92 Å².